The van der Waals surface area contributed by atoms with Crippen molar-refractivity contribution in [1.82, 2.24) is 30.7 Å². The Kier molecular flexibility index (Phi) is 5.83. The molecule has 0 saturated carbocycles. The molecular formula is C23H24N10O2. The predicted molar refractivity (Wildman–Crippen MR) is 131 cm³/mol. The number of nitrogen functional groups attached to an aromatic ring is 1. The molecule has 0 fully saturated rings. The summed E-state index contributed by atoms with van der Waals surface area (Å²) in [6.45, 7) is 1.15. The number of hydrogen-bond acceptors (Lipinski definition) is 10. The Morgan fingerprint density at radius 2 is 2.00 bits per heavy atom. The lowest BCUT2D eigenvalue weighted by atomic mass is 10.2. The number of para-hydroxylation sites is 1. The van der Waals surface area contributed by atoms with Crippen molar-refractivity contribution in [3.8, 4) is 5.82 Å². The number of rotatable bonds is 7. The minimum absolute atomic E-state index is 0.0455. The second-order valence-corrected chi connectivity index (χ2v) is 8.25. The van der Waals surface area contributed by atoms with E-state index in [0.717, 1.165) is 29.9 Å². The van der Waals surface area contributed by atoms with Gasteiger partial charge in [-0.05, 0) is 46.1 Å². The number of aromatic nitrogens is 5. The molecule has 0 saturated heterocycles. The molecule has 5 rings (SSSR count). The maximum Gasteiger partial charge on any atom is 0.293 e. The summed E-state index contributed by atoms with van der Waals surface area (Å²) >= 11 is 0. The molecule has 2 aromatic heterocycles. The van der Waals surface area contributed by atoms with Gasteiger partial charge in [0.05, 0.1) is 18.5 Å². The highest BCUT2D eigenvalue weighted by Gasteiger charge is 2.27. The molecule has 12 nitrogen and oxygen atoms in total. The molecule has 0 aliphatic carbocycles. The van der Waals surface area contributed by atoms with Crippen molar-refractivity contribution in [3.05, 3.63) is 71.0 Å². The Hall–Kier alpha value is -4.74. The average Bonchev–Trinajstić information content (AvgIpc) is 3.58. The van der Waals surface area contributed by atoms with Crippen LogP contribution in [0.2, 0.25) is 0 Å². The number of nitrogens with two attached hydrogens (primary N) is 1. The SMILES string of the molecule is CN(C)c1ccc(/C=N/NC(=O)c2nnn(-c3nonc3N)c2CN2CCc3ccccc32)cc1. The third-order valence-corrected chi connectivity index (χ3v) is 5.79. The zero-order valence-corrected chi connectivity index (χ0v) is 19.3. The molecule has 12 heteroatoms. The Bertz CT molecular complexity index is 1370. The summed E-state index contributed by atoms with van der Waals surface area (Å²) in [6.07, 6.45) is 2.47. The number of carbonyl (C=O) groups is 1. The van der Waals surface area contributed by atoms with Crippen molar-refractivity contribution in [2.45, 2.75) is 13.0 Å². The van der Waals surface area contributed by atoms with Crippen molar-refractivity contribution in [1.29, 1.82) is 0 Å². The molecule has 2 aromatic carbocycles. The molecule has 3 N–H and O–H groups in total. The standard InChI is InChI=1S/C23H24N10O2/c1-31(2)17-9-7-15(8-10-17)13-25-27-23(34)20-19(33(30-26-20)22-21(24)28-35-29-22)14-32-12-11-16-5-3-4-6-18(16)32/h3-10,13H,11-12,14H2,1-2H3,(H2,24,28)(H,27,34)/b25-13+. The van der Waals surface area contributed by atoms with Gasteiger partial charge in [-0.1, -0.05) is 35.5 Å². The van der Waals surface area contributed by atoms with Crippen LogP contribution in [0, 0.1) is 0 Å². The Morgan fingerprint density at radius 3 is 2.74 bits per heavy atom. The number of anilines is 3. The Labute approximate surface area is 201 Å². The molecule has 4 aromatic rings. The van der Waals surface area contributed by atoms with Crippen molar-refractivity contribution in [2.75, 3.05) is 36.2 Å². The highest BCUT2D eigenvalue weighted by molar-refractivity contribution is 5.94. The summed E-state index contributed by atoms with van der Waals surface area (Å²) in [4.78, 5) is 17.2. The molecule has 0 radical (unpaired) electrons. The van der Waals surface area contributed by atoms with E-state index in [9.17, 15) is 4.79 Å². The first-order valence-corrected chi connectivity index (χ1v) is 11.0. The van der Waals surface area contributed by atoms with Crippen LogP contribution in [0.4, 0.5) is 17.2 Å². The molecule has 0 atom stereocenters. The summed E-state index contributed by atoms with van der Waals surface area (Å²) < 4.78 is 6.11. The van der Waals surface area contributed by atoms with E-state index in [1.165, 1.54) is 10.2 Å². The molecule has 1 aliphatic heterocycles. The second-order valence-electron chi connectivity index (χ2n) is 8.25. The number of benzene rings is 2. The van der Waals surface area contributed by atoms with E-state index in [1.807, 2.05) is 61.5 Å². The fourth-order valence-electron chi connectivity index (χ4n) is 3.96. The van der Waals surface area contributed by atoms with E-state index in [4.69, 9.17) is 10.4 Å². The van der Waals surface area contributed by atoms with Gasteiger partial charge in [0.2, 0.25) is 11.6 Å². The maximum absolute atomic E-state index is 13.0. The van der Waals surface area contributed by atoms with Gasteiger partial charge >= 0.3 is 0 Å². The third kappa shape index (κ3) is 4.40. The van der Waals surface area contributed by atoms with E-state index in [0.29, 0.717) is 12.2 Å². The summed E-state index contributed by atoms with van der Waals surface area (Å²) in [5.41, 5.74) is 13.3. The van der Waals surface area contributed by atoms with E-state index in [-0.39, 0.29) is 17.3 Å². The first kappa shape index (κ1) is 22.1. The molecule has 178 valence electrons. The molecular weight excluding hydrogens is 448 g/mol. The minimum Gasteiger partial charge on any atom is -0.378 e. The summed E-state index contributed by atoms with van der Waals surface area (Å²) in [6, 6.07) is 15.9. The van der Waals surface area contributed by atoms with Gasteiger partial charge < -0.3 is 15.5 Å². The summed E-state index contributed by atoms with van der Waals surface area (Å²) in [7, 11) is 3.94. The number of hydrazone groups is 1. The highest BCUT2D eigenvalue weighted by atomic mass is 16.6. The minimum atomic E-state index is -0.505. The lowest BCUT2D eigenvalue weighted by molar-refractivity contribution is 0.0949. The van der Waals surface area contributed by atoms with Gasteiger partial charge in [-0.3, -0.25) is 4.79 Å². The number of fused-ring (bicyclic) bond motifs is 1. The van der Waals surface area contributed by atoms with Crippen LogP contribution in [0.5, 0.6) is 0 Å². The number of carbonyl (C=O) groups excluding carboxylic acids is 1. The van der Waals surface area contributed by atoms with Crippen LogP contribution in [0.25, 0.3) is 5.82 Å². The lowest BCUT2D eigenvalue weighted by Crippen LogP contribution is -2.26. The number of hydrogen-bond donors (Lipinski definition) is 2. The largest absolute Gasteiger partial charge is 0.378 e. The van der Waals surface area contributed by atoms with Gasteiger partial charge in [-0.25, -0.2) is 10.1 Å². The van der Waals surface area contributed by atoms with Crippen molar-refractivity contribution < 1.29 is 9.42 Å². The van der Waals surface area contributed by atoms with Gasteiger partial charge in [0.15, 0.2) is 5.69 Å². The van der Waals surface area contributed by atoms with Crippen LogP contribution in [0.3, 0.4) is 0 Å². The molecule has 1 amide bonds. The molecule has 0 unspecified atom stereocenters. The topological polar surface area (TPSA) is 144 Å². The quantitative estimate of drug-likeness (QED) is 0.303. The fraction of sp³-hybridized carbons (Fsp3) is 0.217. The van der Waals surface area contributed by atoms with Crippen LogP contribution < -0.4 is 21.0 Å². The smallest absolute Gasteiger partial charge is 0.293 e. The predicted octanol–water partition coefficient (Wildman–Crippen LogP) is 1.63. The third-order valence-electron chi connectivity index (χ3n) is 5.79. The van der Waals surface area contributed by atoms with Crippen LogP contribution in [-0.4, -0.2) is 58.1 Å². The van der Waals surface area contributed by atoms with Gasteiger partial charge in [-0.15, -0.1) is 5.10 Å². The summed E-state index contributed by atoms with van der Waals surface area (Å²) in [5, 5.41) is 19.7. The second kappa shape index (κ2) is 9.25. The van der Waals surface area contributed by atoms with Crippen molar-refractivity contribution >= 4 is 29.3 Å². The van der Waals surface area contributed by atoms with Gasteiger partial charge in [0.25, 0.3) is 5.91 Å². The normalized spacial score (nSPS) is 12.8. The molecule has 0 bridgehead atoms. The average molecular weight is 473 g/mol. The summed E-state index contributed by atoms with van der Waals surface area (Å²) in [5.74, 6) is -0.289. The van der Waals surface area contributed by atoms with Crippen LogP contribution in [0.15, 0.2) is 58.3 Å². The van der Waals surface area contributed by atoms with Crippen LogP contribution in [-0.2, 0) is 13.0 Å². The van der Waals surface area contributed by atoms with Gasteiger partial charge in [-0.2, -0.15) is 9.78 Å². The van der Waals surface area contributed by atoms with Crippen LogP contribution in [0.1, 0.15) is 27.3 Å². The zero-order chi connectivity index (χ0) is 24.4. The lowest BCUT2D eigenvalue weighted by Gasteiger charge is -2.19. The van der Waals surface area contributed by atoms with E-state index >= 15 is 0 Å². The van der Waals surface area contributed by atoms with Crippen molar-refractivity contribution in [3.63, 3.8) is 0 Å². The molecule has 35 heavy (non-hydrogen) atoms. The van der Waals surface area contributed by atoms with E-state index < -0.39 is 5.91 Å². The monoisotopic (exact) mass is 472 g/mol. The van der Waals surface area contributed by atoms with Gasteiger partial charge in [0, 0.05) is 32.0 Å². The molecule has 0 spiro atoms. The van der Waals surface area contributed by atoms with Crippen LogP contribution >= 0.6 is 0 Å². The Morgan fingerprint density at radius 1 is 1.20 bits per heavy atom. The number of nitrogens with one attached hydrogen (secondary N) is 1. The van der Waals surface area contributed by atoms with E-state index in [2.05, 4.69) is 42.1 Å². The van der Waals surface area contributed by atoms with Crippen molar-refractivity contribution in [2.24, 2.45) is 5.10 Å². The fourth-order valence-corrected chi connectivity index (χ4v) is 3.96. The van der Waals surface area contributed by atoms with E-state index in [1.54, 1.807) is 6.21 Å². The first-order chi connectivity index (χ1) is 17.0. The highest BCUT2D eigenvalue weighted by Crippen LogP contribution is 2.30. The molecule has 3 heterocycles. The number of nitrogens with zero attached hydrogens (tertiary/aromatic N) is 8. The number of amides is 1. The molecule has 1 aliphatic rings. The first-order valence-electron chi connectivity index (χ1n) is 11.0. The Balaban J connectivity index is 1.40. The van der Waals surface area contributed by atoms with Gasteiger partial charge in [0.1, 0.15) is 0 Å². The maximum atomic E-state index is 13.0. The zero-order valence-electron chi connectivity index (χ0n) is 19.3.